The Kier molecular flexibility index (Phi) is 21.9. The van der Waals surface area contributed by atoms with Crippen LogP contribution in [-0.4, -0.2) is 248 Å². The Labute approximate surface area is 360 Å². The predicted molar refractivity (Wildman–Crippen MR) is 224 cm³/mol. The number of carboxylic acid groups (broad SMARTS) is 5. The van der Waals surface area contributed by atoms with E-state index in [0.717, 1.165) is 0 Å². The van der Waals surface area contributed by atoms with E-state index in [1.807, 2.05) is 0 Å². The van der Waals surface area contributed by atoms with Gasteiger partial charge in [-0.2, -0.15) is 4.89 Å². The number of hydrogen-bond acceptors (Lipinski definition) is 15. The van der Waals surface area contributed by atoms with Crippen molar-refractivity contribution in [3.05, 3.63) is 35.4 Å². The molecule has 2 saturated heterocycles. The fourth-order valence-electron chi connectivity index (χ4n) is 7.56. The Balaban J connectivity index is 1.69. The molecule has 2 fully saturated rings. The Bertz CT molecular complexity index is 1710. The van der Waals surface area contributed by atoms with Crippen LogP contribution in [0.3, 0.4) is 0 Å². The van der Waals surface area contributed by atoms with Crippen molar-refractivity contribution >= 4 is 51.2 Å². The number of rotatable bonds is 20. The minimum absolute atomic E-state index is 0.148. The van der Waals surface area contributed by atoms with Gasteiger partial charge in [-0.25, -0.2) is 0 Å². The summed E-state index contributed by atoms with van der Waals surface area (Å²) >= 11 is 0. The average molecular weight is 920 g/mol. The lowest BCUT2D eigenvalue weighted by Gasteiger charge is -2.34. The molecule has 3 rings (SSSR count). The molecule has 1 amide bonds. The summed E-state index contributed by atoms with van der Waals surface area (Å²) in [5, 5.41) is 50.5. The van der Waals surface area contributed by atoms with E-state index in [2.05, 4.69) is 5.32 Å². The standard InChI is InChI=1S/C37H60N8O15P2/c1-28(18-31-19-44(23-35(52)53)15-12-42(26-61(57)58)16-17-45(31)24-36(54)55)38-37(56)30-4-2-29(3-5-30)25-62(59,60)27-43-13-10-40(21-33(48)49)8-6-39(20-32(46)47)7-9-41(11-14-43)22-34(50)51/h2-5,28,31H,6-27H2,1H3,(H7-,38,46,47,48,49,50,51,52,53,54,55,56,57,58,59,60)/p+1. The van der Waals surface area contributed by atoms with Gasteiger partial charge in [0.1, 0.15) is 0 Å². The van der Waals surface area contributed by atoms with Crippen LogP contribution in [0.1, 0.15) is 29.3 Å². The number of benzene rings is 1. The van der Waals surface area contributed by atoms with Crippen molar-refractivity contribution < 1.29 is 73.2 Å². The molecule has 0 saturated carbocycles. The third kappa shape index (κ3) is 20.9. The van der Waals surface area contributed by atoms with Gasteiger partial charge in [0.15, 0.2) is 0 Å². The minimum Gasteiger partial charge on any atom is -0.480 e. The number of nitrogens with one attached hydrogen (secondary N) is 1. The van der Waals surface area contributed by atoms with E-state index < -0.39 is 63.2 Å². The molecule has 348 valence electrons. The van der Waals surface area contributed by atoms with E-state index in [1.165, 1.54) is 12.1 Å². The number of amides is 1. The van der Waals surface area contributed by atoms with Gasteiger partial charge in [0.25, 0.3) is 5.91 Å². The van der Waals surface area contributed by atoms with Crippen LogP contribution in [0.5, 0.6) is 0 Å². The van der Waals surface area contributed by atoms with Crippen LogP contribution < -0.4 is 5.32 Å². The highest BCUT2D eigenvalue weighted by atomic mass is 31.2. The van der Waals surface area contributed by atoms with E-state index >= 15 is 0 Å². The molecular formula is C37H61N8O15P2+. The number of nitrogens with zero attached hydrogens (tertiary/aromatic N) is 7. The highest BCUT2D eigenvalue weighted by Gasteiger charge is 2.31. The number of aliphatic carboxylic acids is 5. The number of carboxylic acids is 5. The molecule has 2 heterocycles. The third-order valence-corrected chi connectivity index (χ3v) is 12.9. The second kappa shape index (κ2) is 26.0. The zero-order valence-corrected chi connectivity index (χ0v) is 36.7. The average Bonchev–Trinajstić information content (AvgIpc) is 3.21. The molecule has 0 spiro atoms. The molecule has 25 heteroatoms. The lowest BCUT2D eigenvalue weighted by molar-refractivity contribution is -0.140. The van der Waals surface area contributed by atoms with Gasteiger partial charge < -0.3 is 35.7 Å². The van der Waals surface area contributed by atoms with Gasteiger partial charge in [0.2, 0.25) is 13.7 Å². The summed E-state index contributed by atoms with van der Waals surface area (Å²) in [6, 6.07) is 5.08. The van der Waals surface area contributed by atoms with Crippen molar-refractivity contribution in [3.63, 3.8) is 0 Å². The van der Waals surface area contributed by atoms with E-state index in [1.54, 1.807) is 53.4 Å². The Morgan fingerprint density at radius 2 is 1.05 bits per heavy atom. The summed E-state index contributed by atoms with van der Waals surface area (Å²) in [6.45, 7) is 2.79. The molecule has 0 bridgehead atoms. The van der Waals surface area contributed by atoms with Gasteiger partial charge in [-0.3, -0.25) is 67.6 Å². The molecule has 4 unspecified atom stereocenters. The molecule has 2 aliphatic rings. The number of carbonyl (C=O) groups is 6. The van der Waals surface area contributed by atoms with Gasteiger partial charge in [-0.05, 0) is 35.6 Å². The summed E-state index contributed by atoms with van der Waals surface area (Å²) in [6.07, 6.45) is -0.450. The van der Waals surface area contributed by atoms with E-state index in [0.29, 0.717) is 12.1 Å². The molecule has 0 aliphatic carbocycles. The second-order valence-electron chi connectivity index (χ2n) is 15.8. The molecule has 2 aliphatic heterocycles. The minimum atomic E-state index is -3.95. The second-order valence-corrected chi connectivity index (χ2v) is 19.1. The zero-order valence-electron chi connectivity index (χ0n) is 34.9. The summed E-state index contributed by atoms with van der Waals surface area (Å²) in [5.41, 5.74) is 0.704. The molecule has 4 atom stereocenters. The maximum absolute atomic E-state index is 13.7. The molecule has 23 nitrogen and oxygen atoms in total. The summed E-state index contributed by atoms with van der Waals surface area (Å²) < 4.78 is 25.3. The SMILES string of the molecule is CC(CC1CN(CC(=O)O)CCN(C[P+](=O)O)CCN1CC(=O)O)NC(=O)c1ccc(CP(=O)(O)CN2CCN(CC(=O)O)CCN(CC(=O)O)CCN(CC(=O)O)CC2)cc1. The topological polar surface area (TPSA) is 313 Å². The lowest BCUT2D eigenvalue weighted by atomic mass is 10.0. The molecule has 1 aromatic rings. The van der Waals surface area contributed by atoms with Crippen LogP contribution in [0.15, 0.2) is 24.3 Å². The van der Waals surface area contributed by atoms with Gasteiger partial charge in [0, 0.05) is 103 Å². The van der Waals surface area contributed by atoms with Crippen LogP contribution in [0.4, 0.5) is 0 Å². The fraction of sp³-hybridized carbons (Fsp3) is 0.676. The lowest BCUT2D eigenvalue weighted by Crippen LogP contribution is -2.50. The normalized spacial score (nSPS) is 21.1. The first kappa shape index (κ1) is 52.4. The van der Waals surface area contributed by atoms with Crippen LogP contribution in [0.2, 0.25) is 0 Å². The Hall–Kier alpha value is -3.99. The maximum Gasteiger partial charge on any atom is 0.521 e. The Morgan fingerprint density at radius 1 is 0.645 bits per heavy atom. The molecule has 1 aromatic carbocycles. The highest BCUT2D eigenvalue weighted by Crippen LogP contribution is 2.45. The fourth-order valence-corrected chi connectivity index (χ4v) is 9.97. The molecule has 62 heavy (non-hydrogen) atoms. The van der Waals surface area contributed by atoms with E-state index in [-0.39, 0.29) is 142 Å². The smallest absolute Gasteiger partial charge is 0.480 e. The van der Waals surface area contributed by atoms with Crippen molar-refractivity contribution in [1.82, 2.24) is 39.6 Å². The Morgan fingerprint density at radius 3 is 1.50 bits per heavy atom. The van der Waals surface area contributed by atoms with Crippen LogP contribution >= 0.6 is 15.4 Å². The molecule has 8 N–H and O–H groups in total. The van der Waals surface area contributed by atoms with Gasteiger partial charge in [0.05, 0.1) is 45.2 Å². The first-order valence-corrected chi connectivity index (χ1v) is 23.6. The van der Waals surface area contributed by atoms with Crippen molar-refractivity contribution in [2.45, 2.75) is 31.6 Å². The first-order valence-electron chi connectivity index (χ1n) is 20.2. The summed E-state index contributed by atoms with van der Waals surface area (Å²) in [7, 11) is -6.47. The van der Waals surface area contributed by atoms with Gasteiger partial charge in [-0.15, -0.1) is 0 Å². The van der Waals surface area contributed by atoms with Crippen molar-refractivity contribution in [2.24, 2.45) is 0 Å². The molecular weight excluding hydrogens is 858 g/mol. The molecule has 0 radical (unpaired) electrons. The summed E-state index contributed by atoms with van der Waals surface area (Å²) in [5.74, 6) is -5.93. The largest absolute Gasteiger partial charge is 0.521 e. The highest BCUT2D eigenvalue weighted by molar-refractivity contribution is 7.57. The van der Waals surface area contributed by atoms with Crippen molar-refractivity contribution in [2.75, 3.05) is 130 Å². The van der Waals surface area contributed by atoms with E-state index in [4.69, 9.17) is 0 Å². The van der Waals surface area contributed by atoms with Crippen LogP contribution in [0, 0.1) is 0 Å². The quantitative estimate of drug-likeness (QED) is 0.0694. The molecule has 0 aromatic heterocycles. The van der Waals surface area contributed by atoms with Crippen LogP contribution in [-0.2, 0) is 39.3 Å². The third-order valence-electron chi connectivity index (χ3n) is 10.5. The number of carbonyl (C=O) groups excluding carboxylic acids is 1. The summed E-state index contributed by atoms with van der Waals surface area (Å²) in [4.78, 5) is 104. The van der Waals surface area contributed by atoms with E-state index in [9.17, 15) is 73.2 Å². The zero-order chi connectivity index (χ0) is 46.0. The van der Waals surface area contributed by atoms with Crippen molar-refractivity contribution in [1.29, 1.82) is 0 Å². The monoisotopic (exact) mass is 919 g/mol. The first-order chi connectivity index (χ1) is 29.2. The van der Waals surface area contributed by atoms with Crippen molar-refractivity contribution in [3.8, 4) is 0 Å². The predicted octanol–water partition coefficient (Wildman–Crippen LogP) is -1.45. The van der Waals surface area contributed by atoms with Gasteiger partial charge in [-0.1, -0.05) is 12.1 Å². The van der Waals surface area contributed by atoms with Crippen LogP contribution in [0.25, 0.3) is 0 Å². The van der Waals surface area contributed by atoms with Gasteiger partial charge >= 0.3 is 37.9 Å². The maximum atomic E-state index is 13.7. The number of hydrogen-bond donors (Lipinski definition) is 8.